The number of nitriles is 2. The van der Waals surface area contributed by atoms with Gasteiger partial charge in [-0.2, -0.15) is 10.5 Å². The normalized spacial score (nSPS) is 16.0. The summed E-state index contributed by atoms with van der Waals surface area (Å²) in [5, 5.41) is 20.4. The van der Waals surface area contributed by atoms with Crippen molar-refractivity contribution >= 4 is 50.4 Å². The minimum atomic E-state index is -3.82. The summed E-state index contributed by atoms with van der Waals surface area (Å²) in [6.07, 6.45) is 1.16. The van der Waals surface area contributed by atoms with E-state index in [4.69, 9.17) is 33.7 Å². The minimum Gasteiger partial charge on any atom is -0.369 e. The van der Waals surface area contributed by atoms with Crippen molar-refractivity contribution in [3.63, 3.8) is 0 Å². The molecule has 3 heterocycles. The van der Waals surface area contributed by atoms with Gasteiger partial charge in [0.2, 0.25) is 10.0 Å². The molecule has 4 aromatic carbocycles. The van der Waals surface area contributed by atoms with Crippen molar-refractivity contribution in [1.82, 2.24) is 24.3 Å². The van der Waals surface area contributed by atoms with Crippen molar-refractivity contribution in [1.29, 1.82) is 10.5 Å². The van der Waals surface area contributed by atoms with E-state index < -0.39 is 10.0 Å². The number of sulfonamides is 1. The number of likely N-dealkylation sites (N-methyl/N-ethyl adjacent to an activating group) is 3. The number of Topliss-reactive ketones (excluding diaryl/α,β-unsaturated/α-hetero) is 1. The first kappa shape index (κ1) is 51.0. The highest BCUT2D eigenvalue weighted by atomic mass is 35.5. The molecule has 4 aromatic rings. The fraction of sp³-hybridized carbons (Fsp3) is 0.426. The van der Waals surface area contributed by atoms with E-state index in [-0.39, 0.29) is 39.5 Å². The molecule has 3 saturated heterocycles. The number of aryl methyl sites for hydroxylation is 1. The van der Waals surface area contributed by atoms with Gasteiger partial charge in [0.25, 0.3) is 0 Å². The minimum absolute atomic E-state index is 0.00707. The van der Waals surface area contributed by atoms with Crippen molar-refractivity contribution in [3.8, 4) is 12.1 Å². The second-order valence-electron chi connectivity index (χ2n) is 15.7. The molecule has 338 valence electrons. The third kappa shape index (κ3) is 17.1. The number of hydrogen-bond acceptors (Lipinski definition) is 11. The number of nitrogens with zero attached hydrogens (tertiary/aromatic N) is 8. The highest BCUT2D eigenvalue weighted by molar-refractivity contribution is 7.89. The Balaban J connectivity index is 0.000000227. The third-order valence-electron chi connectivity index (χ3n) is 11.0. The lowest BCUT2D eigenvalue weighted by Crippen LogP contribution is -2.44. The summed E-state index contributed by atoms with van der Waals surface area (Å²) >= 11 is 12.0. The lowest BCUT2D eigenvalue weighted by Gasteiger charge is -2.34. The SMILES string of the molecule is CN1CCN(c2ccc(C#N)cc2)CC1.CN1CCN(c2ccc(CCC(=O)CCN(C)S(=O)(=O)c3cccc(Cl)c3Cl)cc2)CC1.CN1CCNCC1.N#Cc1ccc(F)cc1. The standard InChI is InChI=1S/C23H29Cl2N3O3S.C12H15N3.C7H4FN.C5H12N2/c1-26-14-16-28(17-15-26)19-9-6-18(7-10-19)8-11-20(29)12-13-27(2)32(30,31)22-5-3-4-21(24)23(22)25;1-14-6-8-15(9-7-14)12-4-2-11(10-13)3-5-12;8-7-3-1-6(5-9)2-4-7;1-7-4-2-6-3-5-7/h3-7,9-10H,8,11-17H2,1-2H3;2-5H,6-9H2,1H3;1-4H;6H,2-5H2,1H3. The summed E-state index contributed by atoms with van der Waals surface area (Å²) in [5.41, 5.74) is 4.74. The van der Waals surface area contributed by atoms with Gasteiger partial charge in [0.1, 0.15) is 16.5 Å². The van der Waals surface area contributed by atoms with E-state index in [2.05, 4.69) is 81.3 Å². The molecule has 1 N–H and O–H groups in total. The van der Waals surface area contributed by atoms with Crippen LogP contribution in [0.5, 0.6) is 0 Å². The topological polar surface area (TPSA) is 130 Å². The van der Waals surface area contributed by atoms with E-state index in [0.29, 0.717) is 18.4 Å². The van der Waals surface area contributed by atoms with E-state index in [9.17, 15) is 17.6 Å². The Hall–Kier alpha value is -4.61. The Bertz CT molecular complexity index is 2200. The number of ketones is 1. The molecular weight excluding hydrogens is 861 g/mol. The number of halogens is 3. The van der Waals surface area contributed by atoms with Gasteiger partial charge in [-0.25, -0.2) is 17.1 Å². The summed E-state index contributed by atoms with van der Waals surface area (Å²) in [6, 6.07) is 30.1. The number of benzene rings is 4. The predicted octanol–water partition coefficient (Wildman–Crippen LogP) is 6.49. The van der Waals surface area contributed by atoms with Crippen LogP contribution in [0.1, 0.15) is 29.5 Å². The van der Waals surface area contributed by atoms with Crippen LogP contribution < -0.4 is 15.1 Å². The lowest BCUT2D eigenvalue weighted by molar-refractivity contribution is -0.119. The summed E-state index contributed by atoms with van der Waals surface area (Å²) in [5.74, 6) is -0.290. The Morgan fingerprint density at radius 3 is 1.60 bits per heavy atom. The molecule has 0 amide bonds. The third-order valence-corrected chi connectivity index (χ3v) is 13.8. The summed E-state index contributed by atoms with van der Waals surface area (Å²) in [4.78, 5) is 24.0. The molecule has 0 saturated carbocycles. The lowest BCUT2D eigenvalue weighted by atomic mass is 10.1. The molecule has 7 rings (SSSR count). The predicted molar refractivity (Wildman–Crippen MR) is 253 cm³/mol. The van der Waals surface area contributed by atoms with Crippen LogP contribution in [-0.2, 0) is 21.2 Å². The van der Waals surface area contributed by atoms with Crippen LogP contribution in [0.3, 0.4) is 0 Å². The zero-order chi connectivity index (χ0) is 45.8. The van der Waals surface area contributed by atoms with Gasteiger partial charge in [0, 0.05) is 116 Å². The maximum Gasteiger partial charge on any atom is 0.244 e. The molecule has 3 aliphatic heterocycles. The van der Waals surface area contributed by atoms with Gasteiger partial charge < -0.3 is 29.8 Å². The molecule has 3 fully saturated rings. The van der Waals surface area contributed by atoms with Gasteiger partial charge in [0.05, 0.1) is 33.3 Å². The fourth-order valence-corrected chi connectivity index (χ4v) is 8.62. The maximum atomic E-state index is 12.7. The Labute approximate surface area is 384 Å². The first-order valence-electron chi connectivity index (χ1n) is 21.1. The van der Waals surface area contributed by atoms with Crippen molar-refractivity contribution in [2.75, 3.05) is 123 Å². The molecule has 3 aliphatic rings. The zero-order valence-electron chi connectivity index (χ0n) is 36.8. The molecule has 0 radical (unpaired) electrons. The van der Waals surface area contributed by atoms with Crippen LogP contribution in [0.15, 0.2) is 95.9 Å². The van der Waals surface area contributed by atoms with E-state index in [0.717, 1.165) is 80.9 Å². The average molecular weight is 921 g/mol. The second-order valence-corrected chi connectivity index (χ2v) is 18.5. The highest BCUT2D eigenvalue weighted by Gasteiger charge is 2.25. The first-order chi connectivity index (χ1) is 30.2. The smallest absolute Gasteiger partial charge is 0.244 e. The van der Waals surface area contributed by atoms with Crippen molar-refractivity contribution in [2.45, 2.75) is 24.2 Å². The van der Waals surface area contributed by atoms with E-state index >= 15 is 0 Å². The first-order valence-corrected chi connectivity index (χ1v) is 23.3. The van der Waals surface area contributed by atoms with E-state index in [1.165, 1.54) is 74.0 Å². The summed E-state index contributed by atoms with van der Waals surface area (Å²) < 4.78 is 38.7. The summed E-state index contributed by atoms with van der Waals surface area (Å²) in [6.45, 7) is 13.4. The van der Waals surface area contributed by atoms with Crippen molar-refractivity contribution in [2.24, 2.45) is 0 Å². The Morgan fingerprint density at radius 2 is 1.14 bits per heavy atom. The largest absolute Gasteiger partial charge is 0.369 e. The van der Waals surface area contributed by atoms with Crippen LogP contribution in [0.25, 0.3) is 0 Å². The van der Waals surface area contributed by atoms with Crippen LogP contribution in [0.4, 0.5) is 15.8 Å². The molecule has 0 unspecified atom stereocenters. The highest BCUT2D eigenvalue weighted by Crippen LogP contribution is 2.30. The van der Waals surface area contributed by atoms with Gasteiger partial charge in [-0.1, -0.05) is 41.4 Å². The number of nitrogens with one attached hydrogen (secondary N) is 1. The number of piperazine rings is 3. The van der Waals surface area contributed by atoms with E-state index in [1.54, 1.807) is 0 Å². The summed E-state index contributed by atoms with van der Waals surface area (Å²) in [7, 11) is 4.06. The molecular formula is C47H60Cl2FN9O3S. The monoisotopic (exact) mass is 919 g/mol. The van der Waals surface area contributed by atoms with Gasteiger partial charge in [-0.3, -0.25) is 4.79 Å². The van der Waals surface area contributed by atoms with Crippen LogP contribution in [-0.4, -0.2) is 146 Å². The van der Waals surface area contributed by atoms with Crippen molar-refractivity contribution < 1.29 is 17.6 Å². The fourth-order valence-electron chi connectivity index (χ4n) is 6.71. The van der Waals surface area contributed by atoms with Gasteiger partial charge in [-0.05, 0) is 106 Å². The molecule has 0 atom stereocenters. The molecule has 0 aliphatic carbocycles. The number of carbonyl (C=O) groups is 1. The van der Waals surface area contributed by atoms with Crippen LogP contribution in [0, 0.1) is 28.5 Å². The van der Waals surface area contributed by atoms with Crippen LogP contribution in [0.2, 0.25) is 10.0 Å². The zero-order valence-corrected chi connectivity index (χ0v) is 39.1. The molecule has 0 aromatic heterocycles. The van der Waals surface area contributed by atoms with Crippen molar-refractivity contribution in [3.05, 3.63) is 124 Å². The number of anilines is 2. The number of hydrogen-bond donors (Lipinski definition) is 1. The van der Waals surface area contributed by atoms with E-state index in [1.807, 2.05) is 30.3 Å². The van der Waals surface area contributed by atoms with Gasteiger partial charge in [-0.15, -0.1) is 0 Å². The van der Waals surface area contributed by atoms with Gasteiger partial charge >= 0.3 is 0 Å². The van der Waals surface area contributed by atoms with Crippen LogP contribution >= 0.6 is 23.2 Å². The molecule has 63 heavy (non-hydrogen) atoms. The second kappa shape index (κ2) is 26.2. The molecule has 16 heteroatoms. The Kier molecular flexibility index (Phi) is 21.3. The number of carbonyl (C=O) groups excluding carboxylic acids is 1. The maximum absolute atomic E-state index is 12.7. The Morgan fingerprint density at radius 1 is 0.683 bits per heavy atom. The number of rotatable bonds is 10. The molecule has 0 bridgehead atoms. The molecule has 12 nitrogen and oxygen atoms in total. The van der Waals surface area contributed by atoms with Gasteiger partial charge in [0.15, 0.2) is 0 Å². The quantitative estimate of drug-likeness (QED) is 0.188. The molecule has 0 spiro atoms. The average Bonchev–Trinajstić information content (AvgIpc) is 3.30.